The number of hydrogen-bond acceptors (Lipinski definition) is 5. The van der Waals surface area contributed by atoms with Crippen molar-refractivity contribution in [3.05, 3.63) is 58.6 Å². The summed E-state index contributed by atoms with van der Waals surface area (Å²) in [5.74, 6) is 1.32. The van der Waals surface area contributed by atoms with Crippen molar-refractivity contribution in [2.75, 3.05) is 27.8 Å². The molecule has 0 aromatic heterocycles. The molecule has 1 heterocycles. The summed E-state index contributed by atoms with van der Waals surface area (Å²) in [6.07, 6.45) is 2.83. The molecule has 1 N–H and O–H groups in total. The first-order valence-electron chi connectivity index (χ1n) is 10.4. The molecule has 1 saturated heterocycles. The van der Waals surface area contributed by atoms with E-state index in [4.69, 9.17) is 21.1 Å². The Labute approximate surface area is 190 Å². The van der Waals surface area contributed by atoms with E-state index >= 15 is 0 Å². The maximum atomic E-state index is 11.9. The van der Waals surface area contributed by atoms with E-state index in [0.29, 0.717) is 23.6 Å². The Morgan fingerprint density at radius 3 is 2.29 bits per heavy atom. The topological polar surface area (TPSA) is 67.9 Å². The van der Waals surface area contributed by atoms with Crippen molar-refractivity contribution < 1.29 is 19.1 Å². The first kappa shape index (κ1) is 26.5. The summed E-state index contributed by atoms with van der Waals surface area (Å²) >= 11 is 5.80. The third kappa shape index (κ3) is 8.59. The van der Waals surface area contributed by atoms with Crippen LogP contribution in [0.1, 0.15) is 42.6 Å². The van der Waals surface area contributed by atoms with E-state index in [1.807, 2.05) is 45.2 Å². The average Bonchev–Trinajstić information content (AvgIpc) is 3.25. The second kappa shape index (κ2) is 14.4. The van der Waals surface area contributed by atoms with Gasteiger partial charge in [0.25, 0.3) is 0 Å². The summed E-state index contributed by atoms with van der Waals surface area (Å²) in [5, 5.41) is 3.69. The van der Waals surface area contributed by atoms with Gasteiger partial charge in [-0.05, 0) is 62.3 Å². The number of nitrogens with one attached hydrogen (secondary N) is 1. The Morgan fingerprint density at radius 1 is 1.13 bits per heavy atom. The van der Waals surface area contributed by atoms with E-state index in [1.54, 1.807) is 25.3 Å². The van der Waals surface area contributed by atoms with Crippen LogP contribution in [0.5, 0.6) is 11.5 Å². The lowest BCUT2D eigenvalue weighted by atomic mass is 10.2. The molecule has 1 amide bonds. The number of rotatable bonds is 6. The fraction of sp³-hybridized carbons (Fsp3) is 0.417. The lowest BCUT2D eigenvalue weighted by molar-refractivity contribution is -0.125. The number of hydrogen-bond donors (Lipinski definition) is 1. The molecule has 3 rings (SSSR count). The van der Waals surface area contributed by atoms with Crippen LogP contribution < -0.4 is 14.8 Å². The van der Waals surface area contributed by atoms with Crippen molar-refractivity contribution in [1.82, 2.24) is 10.2 Å². The number of amides is 1. The number of halogens is 1. The van der Waals surface area contributed by atoms with E-state index in [-0.39, 0.29) is 11.9 Å². The van der Waals surface area contributed by atoms with Crippen molar-refractivity contribution in [3.8, 4) is 11.5 Å². The monoisotopic (exact) mass is 448 g/mol. The van der Waals surface area contributed by atoms with Gasteiger partial charge in [0.1, 0.15) is 6.29 Å². The maximum Gasteiger partial charge on any atom is 0.237 e. The van der Waals surface area contributed by atoms with Gasteiger partial charge in [-0.3, -0.25) is 14.5 Å². The number of nitrogens with zero attached hydrogens (tertiary/aromatic N) is 1. The van der Waals surface area contributed by atoms with Crippen LogP contribution in [0.2, 0.25) is 5.02 Å². The first-order chi connectivity index (χ1) is 15.0. The molecule has 0 bridgehead atoms. The molecule has 2 aromatic rings. The van der Waals surface area contributed by atoms with Gasteiger partial charge in [0.15, 0.2) is 11.5 Å². The lowest BCUT2D eigenvalue weighted by Gasteiger charge is -2.18. The summed E-state index contributed by atoms with van der Waals surface area (Å²) in [7, 11) is 5.09. The number of likely N-dealkylation sites (N-methyl/N-ethyl adjacent to an activating group) is 1. The zero-order chi connectivity index (χ0) is 23.2. The van der Waals surface area contributed by atoms with Crippen molar-refractivity contribution in [1.29, 1.82) is 0 Å². The molecule has 6 nitrogen and oxygen atoms in total. The number of benzene rings is 2. The van der Waals surface area contributed by atoms with Crippen LogP contribution in [-0.2, 0) is 11.3 Å². The second-order valence-electron chi connectivity index (χ2n) is 6.72. The average molecular weight is 449 g/mol. The van der Waals surface area contributed by atoms with Gasteiger partial charge < -0.3 is 14.8 Å². The number of likely N-dealkylation sites (tertiary alicyclic amines) is 1. The Balaban J connectivity index is 0.000000303. The molecule has 170 valence electrons. The standard InChI is InChI=1S/C13H17ClN2O.C9H10O3.C2H6/c1-16-8-2-3-12(16)13(17)15-9-10-4-6-11(14)7-5-10;1-11-8-4-3-7(6-10)5-9(8)12-2;1-2/h4-7,12H,2-3,8-9H2,1H3,(H,15,17);3-6H,1-2H3;1-2H3. The fourth-order valence-electron chi connectivity index (χ4n) is 3.08. The molecule has 2 aromatic carbocycles. The van der Waals surface area contributed by atoms with E-state index in [0.717, 1.165) is 36.3 Å². The van der Waals surface area contributed by atoms with Crippen LogP contribution in [-0.4, -0.2) is 50.9 Å². The van der Waals surface area contributed by atoms with Crippen LogP contribution in [0.15, 0.2) is 42.5 Å². The molecule has 1 aliphatic rings. The highest BCUT2D eigenvalue weighted by molar-refractivity contribution is 6.30. The first-order valence-corrected chi connectivity index (χ1v) is 10.8. The number of carbonyl (C=O) groups excluding carboxylic acids is 2. The molecule has 1 aliphatic heterocycles. The van der Waals surface area contributed by atoms with Crippen LogP contribution in [0, 0.1) is 0 Å². The molecule has 0 aliphatic carbocycles. The fourth-order valence-corrected chi connectivity index (χ4v) is 3.20. The number of aldehydes is 1. The summed E-state index contributed by atoms with van der Waals surface area (Å²) in [4.78, 5) is 24.4. The van der Waals surface area contributed by atoms with Crippen LogP contribution >= 0.6 is 11.6 Å². The zero-order valence-electron chi connectivity index (χ0n) is 19.0. The highest BCUT2D eigenvalue weighted by Crippen LogP contribution is 2.26. The van der Waals surface area contributed by atoms with Gasteiger partial charge in [-0.15, -0.1) is 0 Å². The molecule has 0 spiro atoms. The number of carbonyl (C=O) groups is 2. The quantitative estimate of drug-likeness (QED) is 0.654. The van der Waals surface area contributed by atoms with Crippen molar-refractivity contribution in [3.63, 3.8) is 0 Å². The number of methoxy groups -OCH3 is 2. The SMILES string of the molecule is CC.CN1CCCC1C(=O)NCc1ccc(Cl)cc1.COc1ccc(C=O)cc1OC. The molecule has 1 atom stereocenters. The minimum Gasteiger partial charge on any atom is -0.493 e. The lowest BCUT2D eigenvalue weighted by Crippen LogP contribution is -2.41. The minimum absolute atomic E-state index is 0.0438. The third-order valence-electron chi connectivity index (χ3n) is 4.75. The smallest absolute Gasteiger partial charge is 0.237 e. The van der Waals surface area contributed by atoms with E-state index in [2.05, 4.69) is 10.2 Å². The van der Waals surface area contributed by atoms with Crippen LogP contribution in [0.3, 0.4) is 0 Å². The van der Waals surface area contributed by atoms with E-state index in [9.17, 15) is 9.59 Å². The molecule has 31 heavy (non-hydrogen) atoms. The summed E-state index contributed by atoms with van der Waals surface area (Å²) in [6.45, 7) is 5.58. The summed E-state index contributed by atoms with van der Waals surface area (Å²) in [5.41, 5.74) is 1.65. The Bertz CT molecular complexity index is 812. The largest absolute Gasteiger partial charge is 0.493 e. The summed E-state index contributed by atoms with van der Waals surface area (Å²) < 4.78 is 9.99. The second-order valence-corrected chi connectivity index (χ2v) is 7.15. The van der Waals surface area contributed by atoms with Gasteiger partial charge in [0.2, 0.25) is 5.91 Å². The molecular weight excluding hydrogens is 416 g/mol. The molecular formula is C24H33ClN2O4. The zero-order valence-corrected chi connectivity index (χ0v) is 19.7. The maximum absolute atomic E-state index is 11.9. The predicted octanol–water partition coefficient (Wildman–Crippen LogP) is 4.59. The Kier molecular flexibility index (Phi) is 12.3. The van der Waals surface area contributed by atoms with E-state index in [1.165, 1.54) is 7.11 Å². The predicted molar refractivity (Wildman–Crippen MR) is 125 cm³/mol. The number of ether oxygens (including phenoxy) is 2. The minimum atomic E-state index is 0.0438. The van der Waals surface area contributed by atoms with Gasteiger partial charge in [-0.2, -0.15) is 0 Å². The summed E-state index contributed by atoms with van der Waals surface area (Å²) in [6, 6.07) is 12.6. The molecule has 0 saturated carbocycles. The van der Waals surface area contributed by atoms with Crippen molar-refractivity contribution in [2.45, 2.75) is 39.3 Å². The van der Waals surface area contributed by atoms with Gasteiger partial charge in [-0.25, -0.2) is 0 Å². The normalized spacial score (nSPS) is 15.0. The van der Waals surface area contributed by atoms with Crippen molar-refractivity contribution in [2.24, 2.45) is 0 Å². The van der Waals surface area contributed by atoms with Gasteiger partial charge in [0.05, 0.1) is 20.3 Å². The Hall–Kier alpha value is -2.57. The third-order valence-corrected chi connectivity index (χ3v) is 5.00. The molecule has 1 fully saturated rings. The Morgan fingerprint density at radius 2 is 1.77 bits per heavy atom. The highest BCUT2D eigenvalue weighted by atomic mass is 35.5. The van der Waals surface area contributed by atoms with Crippen LogP contribution in [0.25, 0.3) is 0 Å². The van der Waals surface area contributed by atoms with Crippen LogP contribution in [0.4, 0.5) is 0 Å². The van der Waals surface area contributed by atoms with E-state index < -0.39 is 0 Å². The van der Waals surface area contributed by atoms with Crippen molar-refractivity contribution >= 4 is 23.8 Å². The highest BCUT2D eigenvalue weighted by Gasteiger charge is 2.27. The van der Waals surface area contributed by atoms with Gasteiger partial charge in [0, 0.05) is 17.1 Å². The molecule has 1 unspecified atom stereocenters. The molecule has 7 heteroatoms. The molecule has 0 radical (unpaired) electrons. The van der Waals surface area contributed by atoms with Gasteiger partial charge in [-0.1, -0.05) is 37.6 Å². The van der Waals surface area contributed by atoms with Gasteiger partial charge >= 0.3 is 0 Å².